The lowest BCUT2D eigenvalue weighted by atomic mass is 9.93. The number of benzene rings is 1. The van der Waals surface area contributed by atoms with Crippen LogP contribution in [-0.2, 0) is 9.59 Å². The van der Waals surface area contributed by atoms with Gasteiger partial charge in [-0.2, -0.15) is 0 Å². The molecule has 0 bridgehead atoms. The van der Waals surface area contributed by atoms with Gasteiger partial charge in [-0.15, -0.1) is 0 Å². The number of carbonyl (C=O) groups is 2. The fourth-order valence-electron chi connectivity index (χ4n) is 2.66. The van der Waals surface area contributed by atoms with E-state index < -0.39 is 12.1 Å². The first-order valence-electron chi connectivity index (χ1n) is 7.38. The number of carbonyl (C=O) groups excluding carboxylic acids is 1. The van der Waals surface area contributed by atoms with Crippen molar-refractivity contribution in [3.8, 4) is 5.75 Å². The average Bonchev–Trinajstić information content (AvgIpc) is 2.46. The third kappa shape index (κ3) is 4.63. The third-order valence-electron chi connectivity index (χ3n) is 3.85. The van der Waals surface area contributed by atoms with Crippen LogP contribution in [0.3, 0.4) is 0 Å². The second kappa shape index (κ2) is 7.49. The van der Waals surface area contributed by atoms with Crippen molar-refractivity contribution < 1.29 is 19.4 Å². The maximum atomic E-state index is 12.4. The van der Waals surface area contributed by atoms with Gasteiger partial charge in [0.15, 0.2) is 6.10 Å². The molecule has 2 rings (SSSR count). The van der Waals surface area contributed by atoms with Crippen LogP contribution in [0.15, 0.2) is 24.3 Å². The number of halogens is 1. The highest BCUT2D eigenvalue weighted by Crippen LogP contribution is 2.22. The Kier molecular flexibility index (Phi) is 5.66. The first-order valence-corrected chi connectivity index (χ1v) is 7.76. The summed E-state index contributed by atoms with van der Waals surface area (Å²) >= 11 is 5.89. The summed E-state index contributed by atoms with van der Waals surface area (Å²) in [6.45, 7) is 2.88. The Labute approximate surface area is 134 Å². The molecule has 1 fully saturated rings. The van der Waals surface area contributed by atoms with Gasteiger partial charge in [-0.1, -0.05) is 17.7 Å². The quantitative estimate of drug-likeness (QED) is 0.904. The van der Waals surface area contributed by atoms with E-state index in [1.54, 1.807) is 36.1 Å². The van der Waals surface area contributed by atoms with Gasteiger partial charge in [-0.25, -0.2) is 0 Å². The Bertz CT molecular complexity index is 541. The number of likely N-dealkylation sites (tertiary alicyclic amines) is 1. The molecule has 1 aromatic rings. The first-order chi connectivity index (χ1) is 10.5. The van der Waals surface area contributed by atoms with E-state index in [4.69, 9.17) is 21.4 Å². The van der Waals surface area contributed by atoms with Crippen LogP contribution in [0.2, 0.25) is 5.02 Å². The fourth-order valence-corrected chi connectivity index (χ4v) is 2.84. The van der Waals surface area contributed by atoms with E-state index in [0.29, 0.717) is 23.9 Å². The minimum atomic E-state index is -0.776. The first kappa shape index (κ1) is 16.6. The zero-order chi connectivity index (χ0) is 16.1. The van der Waals surface area contributed by atoms with Crippen molar-refractivity contribution in [3.05, 3.63) is 29.3 Å². The molecule has 0 aromatic heterocycles. The summed E-state index contributed by atoms with van der Waals surface area (Å²) in [5.74, 6) is -0.129. The van der Waals surface area contributed by atoms with Gasteiger partial charge < -0.3 is 14.7 Å². The molecule has 0 spiro atoms. The maximum Gasteiger partial charge on any atom is 0.303 e. The van der Waals surface area contributed by atoms with Gasteiger partial charge in [0.2, 0.25) is 0 Å². The Hall–Kier alpha value is -1.75. The highest BCUT2D eigenvalue weighted by molar-refractivity contribution is 6.30. The number of hydrogen-bond acceptors (Lipinski definition) is 3. The highest BCUT2D eigenvalue weighted by atomic mass is 35.5. The lowest BCUT2D eigenvalue weighted by molar-refractivity contribution is -0.140. The number of amides is 1. The smallest absolute Gasteiger partial charge is 0.303 e. The van der Waals surface area contributed by atoms with Gasteiger partial charge in [-0.05, 0) is 43.9 Å². The molecular formula is C16H20ClNO4. The van der Waals surface area contributed by atoms with Gasteiger partial charge >= 0.3 is 5.97 Å². The van der Waals surface area contributed by atoms with E-state index in [1.807, 2.05) is 0 Å². The number of aliphatic carboxylic acids is 1. The standard InChI is InChI=1S/C16H20ClNO4/c1-11(22-14-4-2-3-13(17)10-14)16(21)18-7-5-12(6-8-18)9-15(19)20/h2-4,10-12H,5-9H2,1H3,(H,19,20). The summed E-state index contributed by atoms with van der Waals surface area (Å²) in [5, 5.41) is 9.37. The Morgan fingerprint density at radius 1 is 1.41 bits per heavy atom. The topological polar surface area (TPSA) is 66.8 Å². The molecule has 1 aliphatic rings. The number of carboxylic acid groups (broad SMARTS) is 1. The molecule has 0 radical (unpaired) electrons. The molecule has 0 aliphatic carbocycles. The molecule has 6 heteroatoms. The van der Waals surface area contributed by atoms with Crippen molar-refractivity contribution in [1.82, 2.24) is 4.90 Å². The second-order valence-electron chi connectivity index (χ2n) is 5.58. The molecule has 1 heterocycles. The third-order valence-corrected chi connectivity index (χ3v) is 4.08. The van der Waals surface area contributed by atoms with Crippen molar-refractivity contribution >= 4 is 23.5 Å². The highest BCUT2D eigenvalue weighted by Gasteiger charge is 2.27. The zero-order valence-corrected chi connectivity index (χ0v) is 13.3. The summed E-state index contributed by atoms with van der Waals surface area (Å²) in [6.07, 6.45) is 1.04. The van der Waals surface area contributed by atoms with Crippen LogP contribution >= 0.6 is 11.6 Å². The van der Waals surface area contributed by atoms with E-state index in [2.05, 4.69) is 0 Å². The maximum absolute atomic E-state index is 12.4. The minimum Gasteiger partial charge on any atom is -0.481 e. The molecule has 1 aliphatic heterocycles. The Balaban J connectivity index is 1.85. The van der Waals surface area contributed by atoms with Crippen LogP contribution in [-0.4, -0.2) is 41.1 Å². The summed E-state index contributed by atoms with van der Waals surface area (Å²) in [6, 6.07) is 6.94. The molecule has 1 saturated heterocycles. The largest absolute Gasteiger partial charge is 0.481 e. The number of piperidine rings is 1. The molecule has 1 atom stereocenters. The number of hydrogen-bond donors (Lipinski definition) is 1. The Morgan fingerprint density at radius 3 is 2.68 bits per heavy atom. The molecule has 0 saturated carbocycles. The molecule has 1 N–H and O–H groups in total. The second-order valence-corrected chi connectivity index (χ2v) is 6.02. The number of ether oxygens (including phenoxy) is 1. The number of nitrogens with zero attached hydrogens (tertiary/aromatic N) is 1. The number of rotatable bonds is 5. The molecular weight excluding hydrogens is 306 g/mol. The normalized spacial score (nSPS) is 17.1. The predicted molar refractivity (Wildman–Crippen MR) is 83.1 cm³/mol. The van der Waals surface area contributed by atoms with Gasteiger partial charge in [0.25, 0.3) is 5.91 Å². The molecule has 1 unspecified atom stereocenters. The van der Waals surface area contributed by atoms with E-state index in [9.17, 15) is 9.59 Å². The summed E-state index contributed by atoms with van der Waals surface area (Å²) in [7, 11) is 0. The minimum absolute atomic E-state index is 0.0752. The van der Waals surface area contributed by atoms with Gasteiger partial charge in [0.1, 0.15) is 5.75 Å². The van der Waals surface area contributed by atoms with E-state index in [1.165, 1.54) is 0 Å². The van der Waals surface area contributed by atoms with Gasteiger partial charge in [0.05, 0.1) is 0 Å². The molecule has 1 amide bonds. The summed E-state index contributed by atoms with van der Waals surface area (Å²) in [4.78, 5) is 24.8. The predicted octanol–water partition coefficient (Wildman–Crippen LogP) is 2.82. The van der Waals surface area contributed by atoms with Gasteiger partial charge in [0, 0.05) is 24.5 Å². The van der Waals surface area contributed by atoms with Crippen LogP contribution in [0.25, 0.3) is 0 Å². The molecule has 22 heavy (non-hydrogen) atoms. The molecule has 5 nitrogen and oxygen atoms in total. The van der Waals surface area contributed by atoms with Crippen LogP contribution in [0.4, 0.5) is 0 Å². The Morgan fingerprint density at radius 2 is 2.09 bits per heavy atom. The summed E-state index contributed by atoms with van der Waals surface area (Å²) < 4.78 is 5.63. The average molecular weight is 326 g/mol. The van der Waals surface area contributed by atoms with E-state index >= 15 is 0 Å². The lowest BCUT2D eigenvalue weighted by Gasteiger charge is -2.33. The summed E-state index contributed by atoms with van der Waals surface area (Å²) in [5.41, 5.74) is 0. The van der Waals surface area contributed by atoms with Crippen molar-refractivity contribution in [2.75, 3.05) is 13.1 Å². The zero-order valence-electron chi connectivity index (χ0n) is 12.5. The van der Waals surface area contributed by atoms with Gasteiger partial charge in [-0.3, -0.25) is 9.59 Å². The van der Waals surface area contributed by atoms with Crippen molar-refractivity contribution in [1.29, 1.82) is 0 Å². The molecule has 1 aromatic carbocycles. The fraction of sp³-hybridized carbons (Fsp3) is 0.500. The number of carboxylic acids is 1. The monoisotopic (exact) mass is 325 g/mol. The SMILES string of the molecule is CC(Oc1cccc(Cl)c1)C(=O)N1CCC(CC(=O)O)CC1. The van der Waals surface area contributed by atoms with Crippen molar-refractivity contribution in [3.63, 3.8) is 0 Å². The van der Waals surface area contributed by atoms with Crippen LogP contribution in [0.1, 0.15) is 26.2 Å². The van der Waals surface area contributed by atoms with Crippen molar-refractivity contribution in [2.45, 2.75) is 32.3 Å². The van der Waals surface area contributed by atoms with Crippen molar-refractivity contribution in [2.24, 2.45) is 5.92 Å². The van der Waals surface area contributed by atoms with E-state index in [-0.39, 0.29) is 18.2 Å². The van der Waals surface area contributed by atoms with E-state index in [0.717, 1.165) is 12.8 Å². The van der Waals surface area contributed by atoms with Crippen LogP contribution < -0.4 is 4.74 Å². The molecule has 120 valence electrons. The lowest BCUT2D eigenvalue weighted by Crippen LogP contribution is -2.45. The van der Waals surface area contributed by atoms with Crippen LogP contribution in [0.5, 0.6) is 5.75 Å². The van der Waals surface area contributed by atoms with Crippen LogP contribution in [0, 0.1) is 5.92 Å².